The first kappa shape index (κ1) is 10.7. The normalized spacial score (nSPS) is 15.1. The van der Waals surface area contributed by atoms with Gasteiger partial charge in [-0.25, -0.2) is 14.6 Å². The molecule has 0 unspecified atom stereocenters. The molecule has 0 atom stereocenters. The topological polar surface area (TPSA) is 55.6 Å². The average molecular weight is 250 g/mol. The molecule has 88 valence electrons. The molecule has 5 nitrogen and oxygen atoms in total. The Bertz CT molecular complexity index is 503. The molecule has 0 radical (unpaired) electrons. The first-order valence-corrected chi connectivity index (χ1v) is 5.94. The second kappa shape index (κ2) is 4.43. The van der Waals surface area contributed by atoms with Crippen molar-refractivity contribution in [2.45, 2.75) is 25.4 Å². The lowest BCUT2D eigenvalue weighted by Gasteiger charge is -2.03. The summed E-state index contributed by atoms with van der Waals surface area (Å²) in [6, 6.07) is 0.694. The van der Waals surface area contributed by atoms with Crippen LogP contribution in [-0.4, -0.2) is 25.8 Å². The summed E-state index contributed by atoms with van der Waals surface area (Å²) >= 11 is 5.78. The van der Waals surface area contributed by atoms with Gasteiger partial charge in [-0.1, -0.05) is 11.6 Å². The Morgan fingerprint density at radius 3 is 2.65 bits per heavy atom. The lowest BCUT2D eigenvalue weighted by Crippen LogP contribution is -2.16. The monoisotopic (exact) mass is 249 g/mol. The van der Waals surface area contributed by atoms with Gasteiger partial charge in [0, 0.05) is 30.5 Å². The highest BCUT2D eigenvalue weighted by molar-refractivity contribution is 6.30. The first-order valence-electron chi connectivity index (χ1n) is 5.56. The van der Waals surface area contributed by atoms with Crippen molar-refractivity contribution in [1.29, 1.82) is 0 Å². The van der Waals surface area contributed by atoms with Crippen molar-refractivity contribution in [2.75, 3.05) is 0 Å². The summed E-state index contributed by atoms with van der Waals surface area (Å²) in [5, 5.41) is 8.03. The van der Waals surface area contributed by atoms with Gasteiger partial charge in [0.1, 0.15) is 0 Å². The molecule has 0 aliphatic heterocycles. The van der Waals surface area contributed by atoms with Crippen LogP contribution in [0.15, 0.2) is 24.8 Å². The lowest BCUT2D eigenvalue weighted by atomic mass is 10.3. The third-order valence-corrected chi connectivity index (χ3v) is 2.82. The molecule has 3 rings (SSSR count). The van der Waals surface area contributed by atoms with Gasteiger partial charge in [0.25, 0.3) is 0 Å². The number of hydrogen-bond acceptors (Lipinski definition) is 4. The zero-order chi connectivity index (χ0) is 11.7. The summed E-state index contributed by atoms with van der Waals surface area (Å²) in [5.74, 6) is 0.534. The van der Waals surface area contributed by atoms with Crippen LogP contribution in [0, 0.1) is 0 Å². The second-order valence-electron chi connectivity index (χ2n) is 4.15. The summed E-state index contributed by atoms with van der Waals surface area (Å²) in [7, 11) is 0. The van der Waals surface area contributed by atoms with Crippen LogP contribution >= 0.6 is 11.6 Å². The van der Waals surface area contributed by atoms with Gasteiger partial charge in [-0.3, -0.25) is 0 Å². The van der Waals surface area contributed by atoms with Gasteiger partial charge in [-0.05, 0) is 12.8 Å². The zero-order valence-corrected chi connectivity index (χ0v) is 9.93. The molecule has 1 aliphatic rings. The molecule has 0 bridgehead atoms. The van der Waals surface area contributed by atoms with Gasteiger partial charge in [-0.2, -0.15) is 5.10 Å². The highest BCUT2D eigenvalue weighted by atomic mass is 35.5. The van der Waals surface area contributed by atoms with Crippen LogP contribution in [-0.2, 0) is 6.54 Å². The van der Waals surface area contributed by atoms with Crippen molar-refractivity contribution < 1.29 is 0 Å². The summed E-state index contributed by atoms with van der Waals surface area (Å²) in [4.78, 5) is 8.50. The Balaban J connectivity index is 1.70. The Kier molecular flexibility index (Phi) is 2.78. The second-order valence-corrected chi connectivity index (χ2v) is 4.59. The van der Waals surface area contributed by atoms with E-state index in [2.05, 4.69) is 20.4 Å². The number of nitrogens with zero attached hydrogens (tertiary/aromatic N) is 4. The Labute approximate surface area is 104 Å². The van der Waals surface area contributed by atoms with Crippen LogP contribution < -0.4 is 5.32 Å². The van der Waals surface area contributed by atoms with Gasteiger partial charge in [0.2, 0.25) is 5.95 Å². The quantitative estimate of drug-likeness (QED) is 0.894. The Hall–Kier alpha value is -1.46. The largest absolute Gasteiger partial charge is 0.310 e. The molecule has 0 amide bonds. The first-order chi connectivity index (χ1) is 8.31. The van der Waals surface area contributed by atoms with E-state index in [0.29, 0.717) is 17.0 Å². The molecule has 1 fully saturated rings. The molecule has 0 saturated heterocycles. The zero-order valence-electron chi connectivity index (χ0n) is 9.17. The van der Waals surface area contributed by atoms with Crippen LogP contribution in [0.3, 0.4) is 0 Å². The van der Waals surface area contributed by atoms with Crippen LogP contribution in [0.4, 0.5) is 0 Å². The van der Waals surface area contributed by atoms with E-state index in [1.54, 1.807) is 17.1 Å². The number of aromatic nitrogens is 4. The smallest absolute Gasteiger partial charge is 0.250 e. The van der Waals surface area contributed by atoms with Crippen LogP contribution in [0.25, 0.3) is 5.95 Å². The van der Waals surface area contributed by atoms with E-state index < -0.39 is 0 Å². The van der Waals surface area contributed by atoms with Crippen molar-refractivity contribution >= 4 is 11.6 Å². The fraction of sp³-hybridized carbons (Fsp3) is 0.364. The van der Waals surface area contributed by atoms with Crippen LogP contribution in [0.2, 0.25) is 5.02 Å². The van der Waals surface area contributed by atoms with Crippen LogP contribution in [0.5, 0.6) is 0 Å². The Morgan fingerprint density at radius 2 is 2.06 bits per heavy atom. The molecule has 0 spiro atoms. The van der Waals surface area contributed by atoms with E-state index in [1.165, 1.54) is 12.8 Å². The number of nitrogens with one attached hydrogen (secondary N) is 1. The predicted octanol–water partition coefficient (Wildman–Crippen LogP) is 1.57. The van der Waals surface area contributed by atoms with Crippen molar-refractivity contribution in [1.82, 2.24) is 25.1 Å². The highest BCUT2D eigenvalue weighted by Gasteiger charge is 2.19. The van der Waals surface area contributed by atoms with Gasteiger partial charge < -0.3 is 5.32 Å². The van der Waals surface area contributed by atoms with E-state index in [-0.39, 0.29) is 0 Å². The molecule has 1 aliphatic carbocycles. The molecule has 17 heavy (non-hydrogen) atoms. The lowest BCUT2D eigenvalue weighted by molar-refractivity contribution is 0.680. The number of hydrogen-bond donors (Lipinski definition) is 1. The molecule has 2 aromatic rings. The Morgan fingerprint density at radius 1 is 1.29 bits per heavy atom. The van der Waals surface area contributed by atoms with Crippen molar-refractivity contribution in [2.24, 2.45) is 0 Å². The standard InChI is InChI=1S/C11H12ClN5/c12-9-6-16-17(7-9)11-14-4-8(5-15-11)3-13-10-1-2-10/h4-7,10,13H,1-3H2. The highest BCUT2D eigenvalue weighted by Crippen LogP contribution is 2.19. The summed E-state index contributed by atoms with van der Waals surface area (Å²) in [6.45, 7) is 0.824. The van der Waals surface area contributed by atoms with Crippen molar-refractivity contribution in [3.63, 3.8) is 0 Å². The SMILES string of the molecule is Clc1cnn(-c2ncc(CNC3CC3)cn2)c1. The maximum absolute atomic E-state index is 5.78. The van der Waals surface area contributed by atoms with Crippen molar-refractivity contribution in [3.8, 4) is 5.95 Å². The average Bonchev–Trinajstić information content (AvgIpc) is 3.09. The molecule has 6 heteroatoms. The fourth-order valence-electron chi connectivity index (χ4n) is 1.52. The third-order valence-electron chi connectivity index (χ3n) is 2.62. The minimum absolute atomic E-state index is 0.534. The van der Waals surface area contributed by atoms with E-state index in [4.69, 9.17) is 11.6 Å². The van der Waals surface area contributed by atoms with Crippen molar-refractivity contribution in [3.05, 3.63) is 35.4 Å². The fourth-order valence-corrected chi connectivity index (χ4v) is 1.65. The molecule has 1 saturated carbocycles. The molecule has 1 N–H and O–H groups in total. The summed E-state index contributed by atoms with van der Waals surface area (Å²) < 4.78 is 1.56. The molecular formula is C11H12ClN5. The van der Waals surface area contributed by atoms with Gasteiger partial charge >= 0.3 is 0 Å². The molecule has 2 aromatic heterocycles. The van der Waals surface area contributed by atoms with Gasteiger partial charge in [0.15, 0.2) is 0 Å². The summed E-state index contributed by atoms with van der Waals surface area (Å²) in [5.41, 5.74) is 1.08. The van der Waals surface area contributed by atoms with Gasteiger partial charge in [0.05, 0.1) is 17.4 Å². The predicted molar refractivity (Wildman–Crippen MR) is 64.0 cm³/mol. The van der Waals surface area contributed by atoms with E-state index in [0.717, 1.165) is 12.1 Å². The minimum atomic E-state index is 0.534. The number of halogens is 1. The van der Waals surface area contributed by atoms with Gasteiger partial charge in [-0.15, -0.1) is 0 Å². The molecular weight excluding hydrogens is 238 g/mol. The molecule has 2 heterocycles. The minimum Gasteiger partial charge on any atom is -0.310 e. The van der Waals surface area contributed by atoms with E-state index in [1.807, 2.05) is 12.4 Å². The van der Waals surface area contributed by atoms with Crippen LogP contribution in [0.1, 0.15) is 18.4 Å². The van der Waals surface area contributed by atoms with E-state index >= 15 is 0 Å². The molecule has 0 aromatic carbocycles. The number of rotatable bonds is 4. The maximum Gasteiger partial charge on any atom is 0.250 e. The third kappa shape index (κ3) is 2.62. The maximum atomic E-state index is 5.78. The summed E-state index contributed by atoms with van der Waals surface area (Å²) in [6.07, 6.45) is 9.43. The van der Waals surface area contributed by atoms with E-state index in [9.17, 15) is 0 Å².